The van der Waals surface area contributed by atoms with E-state index in [2.05, 4.69) is 15.3 Å². The Balaban J connectivity index is 1.51. The van der Waals surface area contributed by atoms with Crippen molar-refractivity contribution < 1.29 is 14.3 Å². The van der Waals surface area contributed by atoms with Crippen molar-refractivity contribution in [2.45, 2.75) is 13.2 Å². The third-order valence-electron chi connectivity index (χ3n) is 3.38. The van der Waals surface area contributed by atoms with Crippen LogP contribution in [0.15, 0.2) is 54.2 Å². The van der Waals surface area contributed by atoms with E-state index in [1.54, 1.807) is 24.9 Å². The second-order valence-electron chi connectivity index (χ2n) is 5.13. The van der Waals surface area contributed by atoms with Crippen LogP contribution in [-0.2, 0) is 13.2 Å². The number of carbonyl (C=O) groups excluding carboxylic acids is 1. The minimum atomic E-state index is -0.212. The summed E-state index contributed by atoms with van der Waals surface area (Å²) in [5.74, 6) is 1.28. The number of aromatic nitrogens is 2. The van der Waals surface area contributed by atoms with E-state index in [0.29, 0.717) is 18.8 Å². The highest BCUT2D eigenvalue weighted by atomic mass is 32.1. The number of pyridine rings is 1. The molecule has 3 rings (SSSR count). The normalized spacial score (nSPS) is 10.3. The Labute approximate surface area is 149 Å². The Morgan fingerprint density at radius 1 is 1.20 bits per heavy atom. The number of nitrogens with one attached hydrogen (secondary N) is 1. The summed E-state index contributed by atoms with van der Waals surface area (Å²) in [5, 5.41) is 5.29. The topological polar surface area (TPSA) is 73.3 Å². The van der Waals surface area contributed by atoms with Crippen LogP contribution in [0.4, 0.5) is 0 Å². The van der Waals surface area contributed by atoms with Gasteiger partial charge in [-0.2, -0.15) is 0 Å². The number of carbonyl (C=O) groups is 1. The number of hydrogen-bond donors (Lipinski definition) is 1. The van der Waals surface area contributed by atoms with Gasteiger partial charge in [0.1, 0.15) is 28.8 Å². The Morgan fingerprint density at radius 2 is 2.00 bits per heavy atom. The van der Waals surface area contributed by atoms with Gasteiger partial charge >= 0.3 is 0 Å². The number of nitrogens with zero attached hydrogens (tertiary/aromatic N) is 2. The van der Waals surface area contributed by atoms with Gasteiger partial charge in [-0.15, -0.1) is 11.3 Å². The number of hydrogen-bond acceptors (Lipinski definition) is 6. The number of benzene rings is 1. The average Bonchev–Trinajstić information content (AvgIpc) is 3.15. The molecule has 0 aliphatic rings. The van der Waals surface area contributed by atoms with E-state index in [1.807, 2.05) is 36.4 Å². The summed E-state index contributed by atoms with van der Waals surface area (Å²) in [5.41, 5.74) is 1.33. The number of methoxy groups -OCH3 is 1. The molecule has 0 saturated carbocycles. The highest BCUT2D eigenvalue weighted by Gasteiger charge is 2.11. The number of thiazole rings is 1. The second kappa shape index (κ2) is 8.25. The van der Waals surface area contributed by atoms with Crippen molar-refractivity contribution in [3.05, 3.63) is 70.4 Å². The molecular weight excluding hydrogens is 338 g/mol. The number of ether oxygens (including phenoxy) is 2. The Bertz CT molecular complexity index is 819. The van der Waals surface area contributed by atoms with Crippen LogP contribution in [0.25, 0.3) is 0 Å². The highest BCUT2D eigenvalue weighted by Crippen LogP contribution is 2.19. The molecule has 0 radical (unpaired) electrons. The molecule has 0 saturated heterocycles. The average molecular weight is 355 g/mol. The zero-order valence-corrected chi connectivity index (χ0v) is 14.5. The van der Waals surface area contributed by atoms with Gasteiger partial charge in [-0.25, -0.2) is 4.98 Å². The molecule has 0 fully saturated rings. The van der Waals surface area contributed by atoms with Crippen LogP contribution in [0, 0.1) is 0 Å². The van der Waals surface area contributed by atoms with E-state index in [4.69, 9.17) is 9.47 Å². The zero-order valence-electron chi connectivity index (χ0n) is 13.6. The molecule has 2 heterocycles. The van der Waals surface area contributed by atoms with E-state index in [0.717, 1.165) is 22.1 Å². The van der Waals surface area contributed by atoms with Crippen molar-refractivity contribution in [2.75, 3.05) is 7.11 Å². The van der Waals surface area contributed by atoms with Crippen LogP contribution < -0.4 is 14.8 Å². The molecule has 1 aromatic carbocycles. The molecule has 1 amide bonds. The van der Waals surface area contributed by atoms with Gasteiger partial charge in [0.2, 0.25) is 0 Å². The predicted octanol–water partition coefficient (Wildman–Crippen LogP) is 3.06. The molecule has 0 atom stereocenters. The number of rotatable bonds is 7. The zero-order chi connectivity index (χ0) is 17.5. The minimum absolute atomic E-state index is 0.212. The van der Waals surface area contributed by atoms with Gasteiger partial charge in [-0.3, -0.25) is 9.78 Å². The first-order chi connectivity index (χ1) is 12.2. The Kier molecular flexibility index (Phi) is 5.58. The lowest BCUT2D eigenvalue weighted by atomic mass is 10.3. The van der Waals surface area contributed by atoms with Crippen LogP contribution in [0.5, 0.6) is 11.5 Å². The van der Waals surface area contributed by atoms with Crippen LogP contribution in [-0.4, -0.2) is 23.0 Å². The number of amides is 1. The fraction of sp³-hybridized carbons (Fsp3) is 0.167. The van der Waals surface area contributed by atoms with Crippen LogP contribution in [0.3, 0.4) is 0 Å². The third kappa shape index (κ3) is 4.77. The minimum Gasteiger partial charge on any atom is -0.497 e. The molecule has 0 unspecified atom stereocenters. The molecule has 0 bridgehead atoms. The fourth-order valence-electron chi connectivity index (χ4n) is 2.07. The van der Waals surface area contributed by atoms with Gasteiger partial charge in [0, 0.05) is 24.3 Å². The van der Waals surface area contributed by atoms with E-state index >= 15 is 0 Å². The summed E-state index contributed by atoms with van der Waals surface area (Å²) < 4.78 is 10.8. The summed E-state index contributed by atoms with van der Waals surface area (Å²) in [6, 6.07) is 11.0. The molecule has 0 aliphatic heterocycles. The maximum absolute atomic E-state index is 12.1. The summed E-state index contributed by atoms with van der Waals surface area (Å²) >= 11 is 1.39. The Morgan fingerprint density at radius 3 is 2.72 bits per heavy atom. The second-order valence-corrected chi connectivity index (χ2v) is 6.08. The van der Waals surface area contributed by atoms with Crippen LogP contribution in [0.2, 0.25) is 0 Å². The van der Waals surface area contributed by atoms with Gasteiger partial charge in [-0.1, -0.05) is 6.07 Å². The van der Waals surface area contributed by atoms with Crippen molar-refractivity contribution in [1.29, 1.82) is 0 Å². The molecular formula is C18H17N3O3S. The standard InChI is InChI=1S/C18H17N3O3S/c1-23-14-4-6-15(7-5-14)24-11-17-21-16(12-25-17)18(22)20-10-13-3-2-8-19-9-13/h2-9,12H,10-11H2,1H3,(H,20,22). The first-order valence-electron chi connectivity index (χ1n) is 7.63. The maximum Gasteiger partial charge on any atom is 0.271 e. The molecule has 0 aliphatic carbocycles. The van der Waals surface area contributed by atoms with Gasteiger partial charge < -0.3 is 14.8 Å². The molecule has 0 spiro atoms. The van der Waals surface area contributed by atoms with Crippen molar-refractivity contribution in [2.24, 2.45) is 0 Å². The summed E-state index contributed by atoms with van der Waals surface area (Å²) in [6.45, 7) is 0.731. The molecule has 128 valence electrons. The summed E-state index contributed by atoms with van der Waals surface area (Å²) in [6.07, 6.45) is 3.41. The van der Waals surface area contributed by atoms with Crippen molar-refractivity contribution in [3.63, 3.8) is 0 Å². The molecule has 2 aromatic heterocycles. The van der Waals surface area contributed by atoms with Crippen LogP contribution >= 0.6 is 11.3 Å². The fourth-order valence-corrected chi connectivity index (χ4v) is 2.76. The lowest BCUT2D eigenvalue weighted by molar-refractivity contribution is 0.0946. The van der Waals surface area contributed by atoms with E-state index in [-0.39, 0.29) is 5.91 Å². The SMILES string of the molecule is COc1ccc(OCc2nc(C(=O)NCc3cccnc3)cs2)cc1. The highest BCUT2D eigenvalue weighted by molar-refractivity contribution is 7.09. The summed E-state index contributed by atoms with van der Waals surface area (Å²) in [4.78, 5) is 20.5. The van der Waals surface area contributed by atoms with Gasteiger partial charge in [0.05, 0.1) is 7.11 Å². The van der Waals surface area contributed by atoms with Crippen LogP contribution in [0.1, 0.15) is 21.1 Å². The monoisotopic (exact) mass is 355 g/mol. The molecule has 6 nitrogen and oxygen atoms in total. The molecule has 25 heavy (non-hydrogen) atoms. The maximum atomic E-state index is 12.1. The van der Waals surface area contributed by atoms with Crippen molar-refractivity contribution in [3.8, 4) is 11.5 Å². The van der Waals surface area contributed by atoms with Gasteiger partial charge in [0.25, 0.3) is 5.91 Å². The first-order valence-corrected chi connectivity index (χ1v) is 8.51. The van der Waals surface area contributed by atoms with Gasteiger partial charge in [-0.05, 0) is 35.9 Å². The van der Waals surface area contributed by atoms with Crippen molar-refractivity contribution in [1.82, 2.24) is 15.3 Å². The van der Waals surface area contributed by atoms with E-state index in [1.165, 1.54) is 11.3 Å². The molecule has 3 aromatic rings. The first kappa shape index (κ1) is 16.9. The van der Waals surface area contributed by atoms with Crippen molar-refractivity contribution >= 4 is 17.2 Å². The largest absolute Gasteiger partial charge is 0.497 e. The van der Waals surface area contributed by atoms with E-state index in [9.17, 15) is 4.79 Å². The molecule has 7 heteroatoms. The smallest absolute Gasteiger partial charge is 0.271 e. The predicted molar refractivity (Wildman–Crippen MR) is 94.8 cm³/mol. The third-order valence-corrected chi connectivity index (χ3v) is 4.20. The molecule has 1 N–H and O–H groups in total. The Hall–Kier alpha value is -2.93. The van der Waals surface area contributed by atoms with Gasteiger partial charge in [0.15, 0.2) is 0 Å². The lowest BCUT2D eigenvalue weighted by Crippen LogP contribution is -2.23. The summed E-state index contributed by atoms with van der Waals surface area (Å²) in [7, 11) is 1.62. The lowest BCUT2D eigenvalue weighted by Gasteiger charge is -2.05. The van der Waals surface area contributed by atoms with E-state index < -0.39 is 0 Å². The quantitative estimate of drug-likeness (QED) is 0.705.